The van der Waals surface area contributed by atoms with E-state index < -0.39 is 10.2 Å². The van der Waals surface area contributed by atoms with Gasteiger partial charge in [0, 0.05) is 19.6 Å². The quantitative estimate of drug-likeness (QED) is 0.837. The van der Waals surface area contributed by atoms with Crippen molar-refractivity contribution in [3.05, 3.63) is 65.2 Å². The molecule has 1 atom stereocenters. The summed E-state index contributed by atoms with van der Waals surface area (Å²) in [5, 5.41) is 0. The minimum Gasteiger partial charge on any atom is -0.497 e. The highest BCUT2D eigenvalue weighted by Crippen LogP contribution is 2.19. The molecule has 0 fully saturated rings. The maximum Gasteiger partial charge on any atom is 0.280 e. The van der Waals surface area contributed by atoms with Crippen molar-refractivity contribution < 1.29 is 13.2 Å². The number of hydrogen-bond acceptors (Lipinski definition) is 3. The maximum atomic E-state index is 12.6. The summed E-state index contributed by atoms with van der Waals surface area (Å²) >= 11 is 0. The lowest BCUT2D eigenvalue weighted by Gasteiger charge is -2.22. The Balaban J connectivity index is 2.10. The van der Waals surface area contributed by atoms with E-state index in [-0.39, 0.29) is 12.6 Å². The number of hydrogen-bond donors (Lipinski definition) is 1. The summed E-state index contributed by atoms with van der Waals surface area (Å²) < 4.78 is 34.3. The lowest BCUT2D eigenvalue weighted by atomic mass is 10.0. The smallest absolute Gasteiger partial charge is 0.280 e. The fourth-order valence-electron chi connectivity index (χ4n) is 2.56. The molecule has 0 saturated carbocycles. The Hall–Kier alpha value is -1.89. The number of nitrogens with one attached hydrogen (secondary N) is 1. The van der Waals surface area contributed by atoms with Gasteiger partial charge in [-0.25, -0.2) is 0 Å². The molecule has 1 unspecified atom stereocenters. The fraction of sp³-hybridized carbons (Fsp3) is 0.333. The zero-order valence-corrected chi connectivity index (χ0v) is 15.3. The van der Waals surface area contributed by atoms with E-state index in [2.05, 4.69) is 4.72 Å². The predicted molar refractivity (Wildman–Crippen MR) is 96.1 cm³/mol. The second-order valence-electron chi connectivity index (χ2n) is 5.81. The van der Waals surface area contributed by atoms with Crippen LogP contribution in [0.15, 0.2) is 48.5 Å². The van der Waals surface area contributed by atoms with Crippen LogP contribution in [0, 0.1) is 6.92 Å². The molecule has 5 nitrogen and oxygen atoms in total. The van der Waals surface area contributed by atoms with E-state index >= 15 is 0 Å². The Morgan fingerprint density at radius 2 is 1.88 bits per heavy atom. The largest absolute Gasteiger partial charge is 0.497 e. The number of ether oxygens (including phenoxy) is 1. The number of aryl methyl sites for hydroxylation is 1. The van der Waals surface area contributed by atoms with Crippen LogP contribution in [0.2, 0.25) is 0 Å². The zero-order valence-electron chi connectivity index (χ0n) is 14.5. The Morgan fingerprint density at radius 1 is 1.17 bits per heavy atom. The van der Waals surface area contributed by atoms with Gasteiger partial charge in [-0.15, -0.1) is 0 Å². The molecule has 2 rings (SSSR count). The Kier molecular flexibility index (Phi) is 5.99. The van der Waals surface area contributed by atoms with Crippen molar-refractivity contribution in [2.45, 2.75) is 26.4 Å². The molecule has 0 aliphatic carbocycles. The summed E-state index contributed by atoms with van der Waals surface area (Å²) in [6.07, 6.45) is 0. The van der Waals surface area contributed by atoms with Gasteiger partial charge < -0.3 is 4.74 Å². The van der Waals surface area contributed by atoms with E-state index in [0.29, 0.717) is 5.75 Å². The van der Waals surface area contributed by atoms with Gasteiger partial charge in [0.1, 0.15) is 5.75 Å². The monoisotopic (exact) mass is 348 g/mol. The van der Waals surface area contributed by atoms with Gasteiger partial charge in [0.15, 0.2) is 0 Å². The van der Waals surface area contributed by atoms with Crippen LogP contribution in [0.4, 0.5) is 0 Å². The van der Waals surface area contributed by atoms with Gasteiger partial charge in [0.2, 0.25) is 0 Å². The van der Waals surface area contributed by atoms with E-state index in [1.54, 1.807) is 14.2 Å². The molecule has 0 spiro atoms. The normalized spacial score (nSPS) is 13.0. The first-order valence-corrected chi connectivity index (χ1v) is 9.19. The number of benzene rings is 2. The fourth-order valence-corrected chi connectivity index (χ4v) is 3.64. The van der Waals surface area contributed by atoms with Crippen molar-refractivity contribution in [2.75, 3.05) is 14.2 Å². The molecule has 2 aromatic rings. The molecule has 0 amide bonds. The van der Waals surface area contributed by atoms with E-state index in [0.717, 1.165) is 16.7 Å². The van der Waals surface area contributed by atoms with Crippen LogP contribution in [0.5, 0.6) is 5.75 Å². The molecule has 0 aromatic heterocycles. The molecular weight excluding hydrogens is 324 g/mol. The molecule has 0 heterocycles. The second-order valence-corrected chi connectivity index (χ2v) is 7.62. The molecule has 0 aliphatic rings. The highest BCUT2D eigenvalue weighted by atomic mass is 32.2. The number of methoxy groups -OCH3 is 1. The molecule has 24 heavy (non-hydrogen) atoms. The van der Waals surface area contributed by atoms with E-state index in [9.17, 15) is 8.42 Å². The lowest BCUT2D eigenvalue weighted by molar-refractivity contribution is 0.411. The first-order chi connectivity index (χ1) is 11.3. The predicted octanol–water partition coefficient (Wildman–Crippen LogP) is 3.03. The van der Waals surface area contributed by atoms with Gasteiger partial charge in [-0.2, -0.15) is 17.4 Å². The summed E-state index contributed by atoms with van der Waals surface area (Å²) in [6.45, 7) is 4.09. The molecule has 0 saturated heterocycles. The average molecular weight is 348 g/mol. The maximum absolute atomic E-state index is 12.6. The minimum atomic E-state index is -3.60. The highest BCUT2D eigenvalue weighted by molar-refractivity contribution is 7.87. The van der Waals surface area contributed by atoms with Crippen LogP contribution in [0.3, 0.4) is 0 Å². The Morgan fingerprint density at radius 3 is 2.54 bits per heavy atom. The summed E-state index contributed by atoms with van der Waals surface area (Å²) in [7, 11) is -0.449. The van der Waals surface area contributed by atoms with Crippen molar-refractivity contribution in [2.24, 2.45) is 0 Å². The molecule has 130 valence electrons. The van der Waals surface area contributed by atoms with Crippen molar-refractivity contribution in [3.8, 4) is 5.75 Å². The van der Waals surface area contributed by atoms with Crippen molar-refractivity contribution in [1.29, 1.82) is 0 Å². The minimum absolute atomic E-state index is 0.271. The standard InChI is InChI=1S/C18H24N2O3S/c1-14-8-5-6-11-18(14)15(2)19-24(21,22)20(3)13-16-9-7-10-17(12-16)23-4/h5-12,15,19H,13H2,1-4H3. The molecule has 0 bridgehead atoms. The molecule has 0 radical (unpaired) electrons. The van der Waals surface area contributed by atoms with Gasteiger partial charge in [-0.3, -0.25) is 0 Å². The highest BCUT2D eigenvalue weighted by Gasteiger charge is 2.22. The van der Waals surface area contributed by atoms with Crippen molar-refractivity contribution >= 4 is 10.2 Å². The number of nitrogens with zero attached hydrogens (tertiary/aromatic N) is 1. The van der Waals surface area contributed by atoms with Gasteiger partial charge in [-0.05, 0) is 42.7 Å². The molecule has 6 heteroatoms. The topological polar surface area (TPSA) is 58.6 Å². The van der Waals surface area contributed by atoms with Gasteiger partial charge in [0.25, 0.3) is 10.2 Å². The van der Waals surface area contributed by atoms with Crippen molar-refractivity contribution in [3.63, 3.8) is 0 Å². The van der Waals surface area contributed by atoms with E-state index in [1.165, 1.54) is 4.31 Å². The first-order valence-electron chi connectivity index (χ1n) is 7.75. The average Bonchev–Trinajstić information content (AvgIpc) is 2.54. The molecule has 1 N–H and O–H groups in total. The SMILES string of the molecule is COc1cccc(CN(C)S(=O)(=O)NC(C)c2ccccc2C)c1. The van der Waals surface area contributed by atoms with Crippen LogP contribution in [0.1, 0.15) is 29.7 Å². The van der Waals surface area contributed by atoms with Crippen LogP contribution in [0.25, 0.3) is 0 Å². The first kappa shape index (κ1) is 18.4. The van der Waals surface area contributed by atoms with Crippen LogP contribution in [-0.4, -0.2) is 26.9 Å². The summed E-state index contributed by atoms with van der Waals surface area (Å²) in [5.41, 5.74) is 2.89. The Bertz CT molecular complexity index is 790. The van der Waals surface area contributed by atoms with Gasteiger partial charge >= 0.3 is 0 Å². The third-order valence-corrected chi connectivity index (χ3v) is 5.53. The lowest BCUT2D eigenvalue weighted by Crippen LogP contribution is -2.39. The van der Waals surface area contributed by atoms with E-state index in [1.807, 2.05) is 62.4 Å². The molecular formula is C18H24N2O3S. The summed E-state index contributed by atoms with van der Waals surface area (Å²) in [4.78, 5) is 0. The van der Waals surface area contributed by atoms with Gasteiger partial charge in [-0.1, -0.05) is 36.4 Å². The third kappa shape index (κ3) is 4.56. The summed E-state index contributed by atoms with van der Waals surface area (Å²) in [6, 6.07) is 14.8. The molecule has 0 aliphatic heterocycles. The van der Waals surface area contributed by atoms with Crippen molar-refractivity contribution in [1.82, 2.24) is 9.03 Å². The zero-order chi connectivity index (χ0) is 17.7. The second kappa shape index (κ2) is 7.79. The van der Waals surface area contributed by atoms with Crippen LogP contribution >= 0.6 is 0 Å². The Labute approximate surface area is 144 Å². The number of rotatable bonds is 7. The van der Waals surface area contributed by atoms with Crippen LogP contribution < -0.4 is 9.46 Å². The molecule has 2 aromatic carbocycles. The van der Waals surface area contributed by atoms with Gasteiger partial charge in [0.05, 0.1) is 7.11 Å². The third-order valence-electron chi connectivity index (χ3n) is 3.93. The summed E-state index contributed by atoms with van der Waals surface area (Å²) in [5.74, 6) is 0.708. The van der Waals surface area contributed by atoms with E-state index in [4.69, 9.17) is 4.74 Å². The van der Waals surface area contributed by atoms with Crippen LogP contribution in [-0.2, 0) is 16.8 Å².